The fourth-order valence-corrected chi connectivity index (χ4v) is 0.716. The molecular formula is C7H8ClNaO. The molecule has 0 bridgehead atoms. The van der Waals surface area contributed by atoms with Crippen LogP contribution in [0, 0.1) is 0 Å². The normalized spacial score (nSPS) is 8.60. The molecule has 1 N–H and O–H groups in total. The minimum atomic E-state index is 0. The van der Waals surface area contributed by atoms with E-state index in [0.29, 0.717) is 5.02 Å². The molecule has 0 aromatic heterocycles. The maximum absolute atomic E-state index is 8.59. The van der Waals surface area contributed by atoms with Crippen molar-refractivity contribution < 1.29 is 36.1 Å². The third-order valence-electron chi connectivity index (χ3n) is 1.10. The Balaban J connectivity index is 0. The number of halogens is 1. The Morgan fingerprint density at radius 2 is 1.80 bits per heavy atom. The van der Waals surface area contributed by atoms with Crippen LogP contribution in [0.2, 0.25) is 5.02 Å². The first-order valence-corrected chi connectivity index (χ1v) is 3.06. The molecule has 1 nitrogen and oxygen atoms in total. The second-order valence-electron chi connectivity index (χ2n) is 1.78. The van der Waals surface area contributed by atoms with E-state index in [1.807, 2.05) is 0 Å². The number of aliphatic hydroxyl groups is 1. The predicted octanol–water partition coefficient (Wildman–Crippen LogP) is -1.05. The van der Waals surface area contributed by atoms with Crippen LogP contribution in [0.1, 0.15) is 6.99 Å². The summed E-state index contributed by atoms with van der Waals surface area (Å²) in [5.74, 6) is 0. The monoisotopic (exact) mass is 166 g/mol. The average molecular weight is 167 g/mol. The number of hydrogen-bond acceptors (Lipinski definition) is 1. The zero-order chi connectivity index (χ0) is 6.69. The molecule has 50 valence electrons. The van der Waals surface area contributed by atoms with Gasteiger partial charge in [-0.3, -0.25) is 0 Å². The van der Waals surface area contributed by atoms with E-state index in [0.717, 1.165) is 5.56 Å². The summed E-state index contributed by atoms with van der Waals surface area (Å²) in [6.07, 6.45) is 0. The quantitative estimate of drug-likeness (QED) is 0.528. The fourth-order valence-electron chi connectivity index (χ4n) is 0.590. The Bertz CT molecular complexity index is 190. The van der Waals surface area contributed by atoms with Crippen molar-refractivity contribution in [2.75, 3.05) is 0 Å². The summed E-state index contributed by atoms with van der Waals surface area (Å²) in [5, 5.41) is 9.29. The number of hydrogen-bond donors (Lipinski definition) is 1. The van der Waals surface area contributed by atoms with Crippen molar-refractivity contribution in [1.82, 2.24) is 0 Å². The van der Waals surface area contributed by atoms with E-state index < -0.39 is 0 Å². The van der Waals surface area contributed by atoms with E-state index in [-0.39, 0.29) is 37.6 Å². The van der Waals surface area contributed by atoms with Crippen molar-refractivity contribution in [3.8, 4) is 0 Å². The molecule has 1 rings (SSSR count). The smallest absolute Gasteiger partial charge is 1.00 e. The molecule has 1 aromatic carbocycles. The first-order chi connectivity index (χ1) is 4.33. The third-order valence-corrected chi connectivity index (χ3v) is 1.35. The van der Waals surface area contributed by atoms with E-state index in [2.05, 4.69) is 0 Å². The van der Waals surface area contributed by atoms with Gasteiger partial charge in [0.05, 0.1) is 6.61 Å². The van der Waals surface area contributed by atoms with Crippen molar-refractivity contribution in [3.05, 3.63) is 34.9 Å². The van der Waals surface area contributed by atoms with Gasteiger partial charge in [0, 0.05) is 5.02 Å². The Labute approximate surface area is 88.8 Å². The second-order valence-corrected chi connectivity index (χ2v) is 2.22. The van der Waals surface area contributed by atoms with E-state index >= 15 is 0 Å². The molecule has 0 amide bonds. The fraction of sp³-hybridized carbons (Fsp3) is 0.143. The molecule has 0 unspecified atom stereocenters. The van der Waals surface area contributed by atoms with Crippen LogP contribution in [-0.2, 0) is 6.61 Å². The molecule has 0 spiro atoms. The Kier molecular flexibility index (Phi) is 5.41. The minimum absolute atomic E-state index is 0. The van der Waals surface area contributed by atoms with Crippen molar-refractivity contribution in [1.29, 1.82) is 0 Å². The van der Waals surface area contributed by atoms with Crippen LogP contribution in [0.4, 0.5) is 0 Å². The van der Waals surface area contributed by atoms with E-state index in [4.69, 9.17) is 16.7 Å². The summed E-state index contributed by atoms with van der Waals surface area (Å²) >= 11 is 5.59. The number of rotatable bonds is 1. The van der Waals surface area contributed by atoms with E-state index in [1.165, 1.54) is 0 Å². The van der Waals surface area contributed by atoms with Crippen LogP contribution in [0.3, 0.4) is 0 Å². The van der Waals surface area contributed by atoms with Gasteiger partial charge in [0.25, 0.3) is 0 Å². The molecule has 0 saturated carbocycles. The molecule has 0 aliphatic heterocycles. The molecule has 0 saturated heterocycles. The van der Waals surface area contributed by atoms with Gasteiger partial charge in [-0.15, -0.1) is 0 Å². The summed E-state index contributed by atoms with van der Waals surface area (Å²) in [7, 11) is 0. The summed E-state index contributed by atoms with van der Waals surface area (Å²) in [6, 6.07) is 7.10. The van der Waals surface area contributed by atoms with E-state index in [1.54, 1.807) is 24.3 Å². The van der Waals surface area contributed by atoms with Crippen LogP contribution < -0.4 is 29.6 Å². The molecule has 0 heterocycles. The summed E-state index contributed by atoms with van der Waals surface area (Å²) in [6.45, 7) is 0.0805. The molecule has 0 fully saturated rings. The van der Waals surface area contributed by atoms with Crippen LogP contribution in [-0.4, -0.2) is 5.11 Å². The molecule has 3 heteroatoms. The van der Waals surface area contributed by atoms with Gasteiger partial charge in [0.2, 0.25) is 0 Å². The van der Waals surface area contributed by atoms with Gasteiger partial charge >= 0.3 is 29.6 Å². The predicted molar refractivity (Wildman–Crippen MR) is 38.5 cm³/mol. The number of benzene rings is 1. The first-order valence-electron chi connectivity index (χ1n) is 2.68. The van der Waals surface area contributed by atoms with Crippen LogP contribution in [0.5, 0.6) is 0 Å². The third kappa shape index (κ3) is 3.04. The molecule has 1 aromatic rings. The molecule has 0 radical (unpaired) electrons. The summed E-state index contributed by atoms with van der Waals surface area (Å²) in [4.78, 5) is 0. The average Bonchev–Trinajstić information content (AvgIpc) is 1.90. The van der Waals surface area contributed by atoms with Crippen molar-refractivity contribution in [3.63, 3.8) is 0 Å². The van der Waals surface area contributed by atoms with Crippen LogP contribution in [0.25, 0.3) is 0 Å². The SMILES string of the molecule is OCc1ccc(Cl)cc1.[H-].[Na+]. The second kappa shape index (κ2) is 5.16. The van der Waals surface area contributed by atoms with Crippen LogP contribution in [0.15, 0.2) is 24.3 Å². The molecule has 0 atom stereocenters. The minimum Gasteiger partial charge on any atom is -1.00 e. The van der Waals surface area contributed by atoms with Gasteiger partial charge in [-0.2, -0.15) is 0 Å². The zero-order valence-electron chi connectivity index (χ0n) is 6.84. The first kappa shape index (κ1) is 10.5. The Morgan fingerprint density at radius 3 is 2.20 bits per heavy atom. The molecule has 10 heavy (non-hydrogen) atoms. The van der Waals surface area contributed by atoms with Gasteiger partial charge in [0.15, 0.2) is 0 Å². The summed E-state index contributed by atoms with van der Waals surface area (Å²) < 4.78 is 0. The maximum atomic E-state index is 8.59. The Hall–Kier alpha value is 0.470. The topological polar surface area (TPSA) is 20.2 Å². The van der Waals surface area contributed by atoms with Crippen molar-refractivity contribution in [2.45, 2.75) is 6.61 Å². The van der Waals surface area contributed by atoms with Gasteiger partial charge < -0.3 is 6.53 Å². The van der Waals surface area contributed by atoms with Crippen molar-refractivity contribution >= 4 is 11.6 Å². The van der Waals surface area contributed by atoms with Crippen LogP contribution >= 0.6 is 11.6 Å². The summed E-state index contributed by atoms with van der Waals surface area (Å²) in [5.41, 5.74) is 0.888. The molecule has 0 aliphatic rings. The maximum Gasteiger partial charge on any atom is 1.00 e. The van der Waals surface area contributed by atoms with Gasteiger partial charge in [-0.1, -0.05) is 23.7 Å². The molecule has 0 aliphatic carbocycles. The number of aliphatic hydroxyl groups excluding tert-OH is 1. The standard InChI is InChI=1S/C7H7ClO.Na.H/c8-7-3-1-6(5-9)2-4-7;;/h1-4,9H,5H2;;/q;+1;-1. The largest absolute Gasteiger partial charge is 1.00 e. The van der Waals surface area contributed by atoms with Crippen molar-refractivity contribution in [2.24, 2.45) is 0 Å². The zero-order valence-corrected chi connectivity index (χ0v) is 8.60. The van der Waals surface area contributed by atoms with Gasteiger partial charge in [0.1, 0.15) is 0 Å². The van der Waals surface area contributed by atoms with E-state index in [9.17, 15) is 0 Å². The molecular weight excluding hydrogens is 159 g/mol. The Morgan fingerprint density at radius 1 is 1.30 bits per heavy atom. The van der Waals surface area contributed by atoms with Gasteiger partial charge in [-0.25, -0.2) is 0 Å². The van der Waals surface area contributed by atoms with Gasteiger partial charge in [-0.05, 0) is 17.7 Å².